The lowest BCUT2D eigenvalue weighted by Gasteiger charge is -2.39. The molecule has 578 valence electrons. The topological polar surface area (TPSA) is 335 Å². The number of carbonyl (C=O) groups excluding carboxylic acids is 4. The number of fused-ring (bicyclic) bond motifs is 16. The normalized spacial score (nSPS) is 24.2. The number of nitrogens with zero attached hydrogens (tertiary/aromatic N) is 7. The second-order valence-electron chi connectivity index (χ2n) is 29.0. The van der Waals surface area contributed by atoms with Crippen molar-refractivity contribution < 1.29 is 73.5 Å². The van der Waals surface area contributed by atoms with Gasteiger partial charge in [0.15, 0.2) is 5.75 Å². The third kappa shape index (κ3) is 18.1. The minimum atomic E-state index is -2.04. The van der Waals surface area contributed by atoms with Gasteiger partial charge in [-0.15, -0.1) is 0 Å². The molecule has 11 atom stereocenters. The van der Waals surface area contributed by atoms with E-state index in [2.05, 4.69) is 94.6 Å². The summed E-state index contributed by atoms with van der Waals surface area (Å²) in [6.07, 6.45) is 14.5. The molecular weight excluding hydrogens is 1450 g/mol. The van der Waals surface area contributed by atoms with Crippen LogP contribution >= 0.6 is 15.9 Å². The van der Waals surface area contributed by atoms with Crippen LogP contribution in [0.4, 0.5) is 5.69 Å². The molecule has 6 heterocycles. The van der Waals surface area contributed by atoms with Gasteiger partial charge in [0.05, 0.1) is 71.8 Å². The number of phenols is 3. The minimum Gasteiger partial charge on any atom is -0.507 e. The highest BCUT2D eigenvalue weighted by atomic mass is 79.9. The largest absolute Gasteiger partial charge is 0.507 e. The molecule has 25 heteroatoms. The van der Waals surface area contributed by atoms with Gasteiger partial charge in [0, 0.05) is 134 Å². The number of carbonyl (C=O) groups is 4. The fourth-order valence-corrected chi connectivity index (χ4v) is 15.6. The molecule has 5 aliphatic rings. The van der Waals surface area contributed by atoms with Gasteiger partial charge in [-0.05, 0) is 99.4 Å². The summed E-state index contributed by atoms with van der Waals surface area (Å²) in [6, 6.07) is 33.4. The van der Waals surface area contributed by atoms with E-state index in [-0.39, 0.29) is 50.2 Å². The van der Waals surface area contributed by atoms with Crippen LogP contribution in [0.5, 0.6) is 28.9 Å². The van der Waals surface area contributed by atoms with E-state index in [1.165, 1.54) is 104 Å². The van der Waals surface area contributed by atoms with Gasteiger partial charge in [0.2, 0.25) is 5.88 Å². The average Bonchev–Trinajstić information content (AvgIpc) is 1.62. The van der Waals surface area contributed by atoms with Crippen molar-refractivity contribution in [3.63, 3.8) is 0 Å². The fraction of sp³-hybridized carbons (Fsp3) is 0.405. The molecule has 4 aliphatic heterocycles. The smallest absolute Gasteiger partial charge is 0.312 e. The predicted molar refractivity (Wildman–Crippen MR) is 423 cm³/mol. The third-order valence-electron chi connectivity index (χ3n) is 21.4. The van der Waals surface area contributed by atoms with E-state index in [9.17, 15) is 49.8 Å². The number of hydrogen-bond acceptors (Lipinski definition) is 22. The number of aliphatic hydroxyl groups excluding tert-OH is 2. The van der Waals surface area contributed by atoms with Gasteiger partial charge in [0.25, 0.3) is 17.6 Å². The maximum absolute atomic E-state index is 14.5. The Morgan fingerprint density at radius 1 is 0.853 bits per heavy atom. The first-order chi connectivity index (χ1) is 52.0. The Morgan fingerprint density at radius 3 is 2.20 bits per heavy atom. The molecular formula is C84H100BrN9O15. The molecule has 13 rings (SSSR count). The summed E-state index contributed by atoms with van der Waals surface area (Å²) in [5.74, 6) is -8.74. The number of halogens is 1. The fourth-order valence-electron chi connectivity index (χ4n) is 15.2. The maximum atomic E-state index is 14.5. The number of aromatic hydroxyl groups is 3. The molecule has 1 aliphatic carbocycles. The quantitative estimate of drug-likeness (QED) is 0.0217. The number of nitrogens with two attached hydrogens (primary N) is 1. The number of pyridine rings is 1. The number of nitrogens with one attached hydrogen (secondary N) is 1. The molecule has 0 spiro atoms. The molecule has 2 fully saturated rings. The lowest BCUT2D eigenvalue weighted by molar-refractivity contribution is -0.160. The van der Waals surface area contributed by atoms with Crippen LogP contribution in [0.25, 0.3) is 32.4 Å². The summed E-state index contributed by atoms with van der Waals surface area (Å²) in [5.41, 5.74) is 7.13. The number of ether oxygens (including phenoxy) is 5. The molecule has 0 unspecified atom stereocenters. The molecule has 8 aromatic rings. The number of allylic oxidation sites excluding steroid dienone is 2. The molecule has 1 saturated heterocycles. The van der Waals surface area contributed by atoms with Gasteiger partial charge in [0.1, 0.15) is 34.6 Å². The zero-order chi connectivity index (χ0) is 78.8. The molecule has 6 aromatic carbocycles. The van der Waals surface area contributed by atoms with E-state index in [4.69, 9.17) is 34.4 Å². The second kappa shape index (κ2) is 35.7. The van der Waals surface area contributed by atoms with E-state index >= 15 is 0 Å². The SMILES string of the molecule is CO[C@H]1/C=C/O[C@@]2(C)Oc3c(C)c(O)c4c(O)c(c(/C=N/N5CCN(C6CCCC6)CC5)c(O)c4c3C2=O)NC(=O)/C(C)=C\C=C\[C@H](C)[C@H](O)[C@@H](C)[C@@H](O)[C@@H](C)[C@H](OC(C)=O)[C@@H]1C.COc1nc2ccc(Br)cc2cc1[C@@H](c1ccccc1)[C@@](O)(CCN(C)C)c1cccc2ccccc12.NC(=O)c1cnccn1. The zero-order valence-corrected chi connectivity index (χ0v) is 65.3. The van der Waals surface area contributed by atoms with Crippen LogP contribution in [0.1, 0.15) is 135 Å². The number of Topliss-reactive ketones (excluding diaryl/α,β-unsaturated/α-hetero) is 1. The van der Waals surface area contributed by atoms with Crippen molar-refractivity contribution in [1.29, 1.82) is 0 Å². The van der Waals surface area contributed by atoms with Crippen molar-refractivity contribution >= 4 is 83.8 Å². The standard InChI is InChI=1S/C47H64N4O12.C32H31BrN2O2.C5H5N3O/c1-24-13-12-14-25(2)46(59)49-37-32(23-48-51-20-18-50(19-21-51)31-15-10-11-16-31)41(56)34-35(42(37)57)40(55)29(6)44-36(34)45(58)47(8,63-44)61-22-17-33(60-9)26(3)43(62-30(7)52)28(5)39(54)27(4)38(24)53;1-35(2)19-18-32(36,28-15-9-13-22-10-7-8-14-26(22)28)30(23-11-5-4-6-12-23)27-21-24-20-25(33)16-17-29(24)34-31(27)37-3;6-5(9)4-3-7-1-2-8-4/h12-14,17,22-24,26-28,31,33,38-39,43,53-57H,10-11,15-16,18-21H2,1-9H3,(H,49,59);4-17,20-21,30,36H,18-19H2,1-3H3;1-3H,(H2,6,9)/b13-12+,22-17+,25-14-,48-23+;;/t24-,26+,27+,28+,33-,38-,39+,43+,47-;30-,32-;/m01./s1. The number of anilines is 1. The van der Waals surface area contributed by atoms with E-state index in [1.807, 2.05) is 67.6 Å². The Labute approximate surface area is 644 Å². The van der Waals surface area contributed by atoms with Crippen LogP contribution in [-0.2, 0) is 29.4 Å². The predicted octanol–water partition coefficient (Wildman–Crippen LogP) is 12.4. The number of aromatic nitrogens is 3. The van der Waals surface area contributed by atoms with E-state index in [0.717, 1.165) is 55.9 Å². The number of rotatable bonds is 14. The highest BCUT2D eigenvalue weighted by Gasteiger charge is 2.50. The van der Waals surface area contributed by atoms with Gasteiger partial charge < -0.3 is 70.3 Å². The molecule has 5 bridgehead atoms. The van der Waals surface area contributed by atoms with Crippen molar-refractivity contribution in [1.82, 2.24) is 29.8 Å². The monoisotopic (exact) mass is 1550 g/mol. The second-order valence-corrected chi connectivity index (χ2v) is 29.9. The van der Waals surface area contributed by atoms with E-state index in [1.54, 1.807) is 47.0 Å². The first-order valence-electron chi connectivity index (χ1n) is 36.7. The first-order valence-corrected chi connectivity index (χ1v) is 37.5. The maximum Gasteiger partial charge on any atom is 0.312 e. The highest BCUT2D eigenvalue weighted by Crippen LogP contribution is 2.56. The summed E-state index contributed by atoms with van der Waals surface area (Å²) in [5, 5.41) is 83.7. The number of phenolic OH excluding ortho intramolecular Hbond substituents is 3. The van der Waals surface area contributed by atoms with Gasteiger partial charge in [-0.2, -0.15) is 5.10 Å². The molecule has 1 saturated carbocycles. The first kappa shape index (κ1) is 81.7. The summed E-state index contributed by atoms with van der Waals surface area (Å²) in [6.45, 7) is 16.1. The van der Waals surface area contributed by atoms with Crippen molar-refractivity contribution in [2.75, 3.05) is 66.4 Å². The lowest BCUT2D eigenvalue weighted by Crippen LogP contribution is -2.47. The summed E-state index contributed by atoms with van der Waals surface area (Å²) in [7, 11) is 7.17. The van der Waals surface area contributed by atoms with Gasteiger partial charge in [-0.1, -0.05) is 147 Å². The summed E-state index contributed by atoms with van der Waals surface area (Å²) >= 11 is 3.60. The number of esters is 1. The Balaban J connectivity index is 0.000000229. The molecule has 2 amide bonds. The van der Waals surface area contributed by atoms with Crippen molar-refractivity contribution in [3.8, 4) is 28.9 Å². The molecule has 24 nitrogen and oxygen atoms in total. The Bertz CT molecular complexity index is 4720. The van der Waals surface area contributed by atoms with Crippen LogP contribution in [0, 0.1) is 30.6 Å². The van der Waals surface area contributed by atoms with Gasteiger partial charge >= 0.3 is 11.8 Å². The molecule has 109 heavy (non-hydrogen) atoms. The zero-order valence-electron chi connectivity index (χ0n) is 63.7. The van der Waals surface area contributed by atoms with Crippen LogP contribution in [0.2, 0.25) is 0 Å². The number of ketones is 1. The molecule has 2 aromatic heterocycles. The van der Waals surface area contributed by atoms with Gasteiger partial charge in [-0.25, -0.2) is 9.97 Å². The van der Waals surface area contributed by atoms with Crippen LogP contribution in [0.3, 0.4) is 0 Å². The van der Waals surface area contributed by atoms with Crippen LogP contribution < -0.4 is 20.5 Å². The van der Waals surface area contributed by atoms with Crippen molar-refractivity contribution in [2.45, 2.75) is 135 Å². The third-order valence-corrected chi connectivity index (χ3v) is 21.9. The number of hydrazone groups is 1. The Kier molecular flexibility index (Phi) is 26.7. The average molecular weight is 1560 g/mol. The number of piperazine rings is 1. The Hall–Kier alpha value is -9.86. The van der Waals surface area contributed by atoms with Crippen molar-refractivity contribution in [2.24, 2.45) is 34.5 Å². The number of amides is 2. The van der Waals surface area contributed by atoms with Gasteiger partial charge in [-0.3, -0.25) is 34.1 Å². The highest BCUT2D eigenvalue weighted by molar-refractivity contribution is 9.10. The van der Waals surface area contributed by atoms with Crippen LogP contribution in [-0.4, -0.2) is 187 Å². The Morgan fingerprint density at radius 2 is 1.55 bits per heavy atom. The summed E-state index contributed by atoms with van der Waals surface area (Å²) < 4.78 is 30.6. The van der Waals surface area contributed by atoms with Crippen molar-refractivity contribution in [3.05, 3.63) is 195 Å². The lowest BCUT2D eigenvalue weighted by atomic mass is 9.70. The van der Waals surface area contributed by atoms with Crippen LogP contribution in [0.15, 0.2) is 161 Å². The van der Waals surface area contributed by atoms with E-state index < -0.39 is 106 Å². The molecule has 0 radical (unpaired) electrons. The number of aliphatic hydroxyl groups is 3. The molecule has 9 N–H and O–H groups in total. The minimum absolute atomic E-state index is 0.0631. The number of methoxy groups -OCH3 is 2. The number of hydrogen-bond donors (Lipinski definition) is 8. The number of benzene rings is 6. The van der Waals surface area contributed by atoms with E-state index in [0.29, 0.717) is 38.0 Å². The summed E-state index contributed by atoms with van der Waals surface area (Å²) in [4.78, 5) is 67.8. The number of primary amides is 1.